The molecule has 1 aromatic rings. The van der Waals surface area contributed by atoms with Crippen molar-refractivity contribution in [3.8, 4) is 0 Å². The number of carbonyl (C=O) groups excluding carboxylic acids is 1. The highest BCUT2D eigenvalue weighted by Crippen LogP contribution is 2.48. The van der Waals surface area contributed by atoms with Crippen LogP contribution in [0, 0.1) is 0 Å². The minimum Gasteiger partial charge on any atom is -0.350 e. The first-order chi connectivity index (χ1) is 9.12. The van der Waals surface area contributed by atoms with E-state index in [4.69, 9.17) is 0 Å². The monoisotopic (exact) mass is 273 g/mol. The molecule has 0 aliphatic heterocycles. The van der Waals surface area contributed by atoms with E-state index in [-0.39, 0.29) is 22.8 Å². The van der Waals surface area contributed by atoms with Crippen molar-refractivity contribution in [1.82, 2.24) is 5.32 Å². The van der Waals surface area contributed by atoms with Crippen LogP contribution in [0.4, 0.5) is 0 Å². The third-order valence-electron chi connectivity index (χ3n) is 4.18. The minimum absolute atomic E-state index is 0.0385. The van der Waals surface area contributed by atoms with Crippen molar-refractivity contribution in [2.24, 2.45) is 0 Å². The Hall–Kier alpha value is -1.31. The van der Waals surface area contributed by atoms with Gasteiger partial charge in [0, 0.05) is 11.6 Å². The van der Waals surface area contributed by atoms with Crippen LogP contribution in [0.2, 0.25) is 0 Å². The minimum atomic E-state index is 0.0385. The van der Waals surface area contributed by atoms with E-state index in [1.54, 1.807) is 0 Å². The van der Waals surface area contributed by atoms with E-state index in [0.717, 1.165) is 5.56 Å². The smallest absolute Gasteiger partial charge is 0.251 e. The van der Waals surface area contributed by atoms with Gasteiger partial charge in [0.05, 0.1) is 0 Å². The molecule has 2 heteroatoms. The van der Waals surface area contributed by atoms with Crippen molar-refractivity contribution in [2.45, 2.75) is 71.3 Å². The average Bonchev–Trinajstić information content (AvgIpc) is 3.06. The Balaban J connectivity index is 2.43. The molecule has 0 aromatic heterocycles. The molecule has 0 unspecified atom stereocenters. The Labute approximate surface area is 123 Å². The fourth-order valence-corrected chi connectivity index (χ4v) is 2.36. The molecule has 20 heavy (non-hydrogen) atoms. The van der Waals surface area contributed by atoms with Crippen LogP contribution in [0.3, 0.4) is 0 Å². The van der Waals surface area contributed by atoms with Crippen LogP contribution in [0.5, 0.6) is 0 Å². The number of benzene rings is 1. The summed E-state index contributed by atoms with van der Waals surface area (Å²) in [5.41, 5.74) is 3.72. The summed E-state index contributed by atoms with van der Waals surface area (Å²) in [5, 5.41) is 3.00. The van der Waals surface area contributed by atoms with Crippen LogP contribution in [0.15, 0.2) is 18.2 Å². The van der Waals surface area contributed by atoms with Gasteiger partial charge in [-0.1, -0.05) is 33.8 Å². The lowest BCUT2D eigenvalue weighted by Crippen LogP contribution is -2.30. The van der Waals surface area contributed by atoms with Crippen LogP contribution < -0.4 is 5.32 Å². The zero-order valence-corrected chi connectivity index (χ0v) is 13.6. The van der Waals surface area contributed by atoms with Crippen LogP contribution in [0.1, 0.15) is 75.9 Å². The number of carbonyl (C=O) groups is 1. The van der Waals surface area contributed by atoms with Gasteiger partial charge in [0.15, 0.2) is 0 Å². The molecule has 110 valence electrons. The highest BCUT2D eigenvalue weighted by atomic mass is 16.1. The molecule has 2 rings (SSSR count). The second-order valence-electron chi connectivity index (χ2n) is 7.74. The van der Waals surface area contributed by atoms with E-state index in [0.29, 0.717) is 0 Å². The zero-order valence-electron chi connectivity index (χ0n) is 13.6. The molecule has 1 saturated carbocycles. The summed E-state index contributed by atoms with van der Waals surface area (Å²) in [7, 11) is 0. The molecule has 1 aliphatic rings. The van der Waals surface area contributed by atoms with Gasteiger partial charge in [-0.25, -0.2) is 0 Å². The van der Waals surface area contributed by atoms with Crippen LogP contribution in [-0.4, -0.2) is 11.9 Å². The van der Waals surface area contributed by atoms with Crippen molar-refractivity contribution in [3.63, 3.8) is 0 Å². The molecule has 1 fully saturated rings. The third-order valence-corrected chi connectivity index (χ3v) is 4.18. The molecular weight excluding hydrogens is 246 g/mol. The number of rotatable bonds is 3. The molecule has 1 aromatic carbocycles. The molecule has 0 radical (unpaired) electrons. The van der Waals surface area contributed by atoms with Gasteiger partial charge >= 0.3 is 0 Å². The first-order valence-corrected chi connectivity index (χ1v) is 7.59. The van der Waals surface area contributed by atoms with Crippen LogP contribution in [-0.2, 0) is 10.8 Å². The standard InChI is InChI=1S/C18H27NO/c1-12(2)19-16(20)13-9-14(17(3,4)5)11-15(10-13)18(6)7-8-18/h9-12H,7-8H2,1-6H3,(H,19,20). The molecule has 1 aliphatic carbocycles. The Bertz CT molecular complexity index is 495. The predicted octanol–water partition coefficient (Wildman–Crippen LogP) is 4.17. The van der Waals surface area contributed by atoms with E-state index in [1.165, 1.54) is 24.0 Å². The van der Waals surface area contributed by atoms with Gasteiger partial charge in [0.2, 0.25) is 0 Å². The number of amides is 1. The molecular formula is C18H27NO. The van der Waals surface area contributed by atoms with Crippen LogP contribution >= 0.6 is 0 Å². The van der Waals surface area contributed by atoms with Gasteiger partial charge in [-0.05, 0) is 60.8 Å². The number of hydrogen-bond donors (Lipinski definition) is 1. The summed E-state index contributed by atoms with van der Waals surface area (Å²) in [6, 6.07) is 6.59. The van der Waals surface area contributed by atoms with E-state index in [1.807, 2.05) is 19.9 Å². The normalized spacial score (nSPS) is 17.1. The summed E-state index contributed by atoms with van der Waals surface area (Å²) in [6.45, 7) is 12.9. The molecule has 1 amide bonds. The molecule has 1 N–H and O–H groups in total. The molecule has 0 bridgehead atoms. The fraction of sp³-hybridized carbons (Fsp3) is 0.611. The van der Waals surface area contributed by atoms with Crippen molar-refractivity contribution in [1.29, 1.82) is 0 Å². The van der Waals surface area contributed by atoms with Crippen LogP contribution in [0.25, 0.3) is 0 Å². The Morgan fingerprint density at radius 3 is 2.25 bits per heavy atom. The molecule has 2 nitrogen and oxygen atoms in total. The van der Waals surface area contributed by atoms with Crippen molar-refractivity contribution < 1.29 is 4.79 Å². The molecule has 0 spiro atoms. The lowest BCUT2D eigenvalue weighted by molar-refractivity contribution is 0.0943. The summed E-state index contributed by atoms with van der Waals surface area (Å²) < 4.78 is 0. The SMILES string of the molecule is CC(C)NC(=O)c1cc(C(C)(C)C)cc(C2(C)CC2)c1. The maximum absolute atomic E-state index is 12.3. The van der Waals surface area contributed by atoms with Gasteiger partial charge < -0.3 is 5.32 Å². The molecule has 0 atom stereocenters. The van der Waals surface area contributed by atoms with Crippen molar-refractivity contribution in [3.05, 3.63) is 34.9 Å². The molecule has 0 saturated heterocycles. The van der Waals surface area contributed by atoms with E-state index < -0.39 is 0 Å². The summed E-state index contributed by atoms with van der Waals surface area (Å²) in [6.07, 6.45) is 2.46. The highest BCUT2D eigenvalue weighted by Gasteiger charge is 2.39. The lowest BCUT2D eigenvalue weighted by Gasteiger charge is -2.23. The largest absolute Gasteiger partial charge is 0.350 e. The Morgan fingerprint density at radius 1 is 1.20 bits per heavy atom. The first kappa shape index (κ1) is 15.1. The highest BCUT2D eigenvalue weighted by molar-refractivity contribution is 5.95. The summed E-state index contributed by atoms with van der Waals surface area (Å²) in [5.74, 6) is 0.0385. The van der Waals surface area contributed by atoms with Crippen molar-refractivity contribution >= 4 is 5.91 Å². The average molecular weight is 273 g/mol. The quantitative estimate of drug-likeness (QED) is 0.879. The van der Waals surface area contributed by atoms with E-state index in [9.17, 15) is 4.79 Å². The predicted molar refractivity (Wildman–Crippen MR) is 84.3 cm³/mol. The number of hydrogen-bond acceptors (Lipinski definition) is 1. The maximum Gasteiger partial charge on any atom is 0.251 e. The third kappa shape index (κ3) is 3.23. The van der Waals surface area contributed by atoms with Gasteiger partial charge in [0.1, 0.15) is 0 Å². The lowest BCUT2D eigenvalue weighted by atomic mass is 9.82. The van der Waals surface area contributed by atoms with E-state index >= 15 is 0 Å². The number of nitrogens with one attached hydrogen (secondary N) is 1. The zero-order chi connectivity index (χ0) is 15.1. The second-order valence-corrected chi connectivity index (χ2v) is 7.74. The van der Waals surface area contributed by atoms with Gasteiger partial charge in [-0.3, -0.25) is 4.79 Å². The van der Waals surface area contributed by atoms with E-state index in [2.05, 4.69) is 45.1 Å². The van der Waals surface area contributed by atoms with Crippen molar-refractivity contribution in [2.75, 3.05) is 0 Å². The second kappa shape index (κ2) is 4.91. The Kier molecular flexibility index (Phi) is 3.70. The summed E-state index contributed by atoms with van der Waals surface area (Å²) in [4.78, 5) is 12.3. The summed E-state index contributed by atoms with van der Waals surface area (Å²) >= 11 is 0. The first-order valence-electron chi connectivity index (χ1n) is 7.59. The fourth-order valence-electron chi connectivity index (χ4n) is 2.36. The molecule has 0 heterocycles. The van der Waals surface area contributed by atoms with Gasteiger partial charge in [-0.2, -0.15) is 0 Å². The topological polar surface area (TPSA) is 29.1 Å². The maximum atomic E-state index is 12.3. The van der Waals surface area contributed by atoms with Gasteiger partial charge in [-0.15, -0.1) is 0 Å². The van der Waals surface area contributed by atoms with Gasteiger partial charge in [0.25, 0.3) is 5.91 Å². The Morgan fingerprint density at radius 2 is 1.80 bits per heavy atom.